The van der Waals surface area contributed by atoms with Gasteiger partial charge >= 0.3 is 0 Å². The van der Waals surface area contributed by atoms with Crippen LogP contribution < -0.4 is 4.74 Å². The predicted molar refractivity (Wildman–Crippen MR) is 79.6 cm³/mol. The van der Waals surface area contributed by atoms with Crippen LogP contribution in [0.15, 0.2) is 54.2 Å². The first-order valence-electron chi connectivity index (χ1n) is 6.41. The average Bonchev–Trinajstić information content (AvgIpc) is 2.62. The van der Waals surface area contributed by atoms with Gasteiger partial charge in [0.15, 0.2) is 0 Å². The summed E-state index contributed by atoms with van der Waals surface area (Å²) in [6, 6.07) is 13.8. The quantitative estimate of drug-likeness (QED) is 0.633. The van der Waals surface area contributed by atoms with Crippen molar-refractivity contribution in [1.82, 2.24) is 0 Å². The Labute approximate surface area is 117 Å². The maximum Gasteiger partial charge on any atom is 0.119 e. The molecule has 20 heavy (non-hydrogen) atoms. The molecule has 1 N–H and O–H groups in total. The van der Waals surface area contributed by atoms with E-state index in [1.165, 1.54) is 0 Å². The third-order valence-electron chi connectivity index (χ3n) is 3.68. The van der Waals surface area contributed by atoms with Crippen LogP contribution in [0.2, 0.25) is 0 Å². The Morgan fingerprint density at radius 2 is 1.90 bits per heavy atom. The van der Waals surface area contributed by atoms with Gasteiger partial charge in [-0.05, 0) is 34.4 Å². The second-order valence-electron chi connectivity index (χ2n) is 4.77. The highest BCUT2D eigenvalue weighted by molar-refractivity contribution is 6.09. The summed E-state index contributed by atoms with van der Waals surface area (Å²) in [7, 11) is 1.62. The molecular formula is C17H15NO2. The number of oxime groups is 1. The first-order valence-corrected chi connectivity index (χ1v) is 6.41. The number of fused-ring (bicyclic) bond motifs is 2. The van der Waals surface area contributed by atoms with Crippen molar-refractivity contribution in [2.45, 2.75) is 6.42 Å². The minimum absolute atomic E-state index is 0.575. The van der Waals surface area contributed by atoms with Crippen LogP contribution >= 0.6 is 0 Å². The predicted octanol–water partition coefficient (Wildman–Crippen LogP) is 3.49. The van der Waals surface area contributed by atoms with Crippen LogP contribution in [-0.4, -0.2) is 18.0 Å². The first kappa shape index (κ1) is 12.5. The number of benzene rings is 2. The molecule has 3 heteroatoms. The zero-order valence-corrected chi connectivity index (χ0v) is 11.3. The molecule has 0 bridgehead atoms. The molecule has 0 spiro atoms. The summed E-state index contributed by atoms with van der Waals surface area (Å²) >= 11 is 0. The van der Waals surface area contributed by atoms with Gasteiger partial charge in [0.2, 0.25) is 0 Å². The molecule has 0 heterocycles. The number of nitrogens with zero attached hydrogens (tertiary/aromatic N) is 1. The second-order valence-corrected chi connectivity index (χ2v) is 4.77. The standard InChI is InChI=1S/C17H15NO2/c1-11-14-6-4-3-5-12(14)9-17(18-19)16-10-13(20-2)7-8-15(11)16/h3-8,10,19H,1,9H2,2H3. The number of rotatable bonds is 1. The largest absolute Gasteiger partial charge is 0.497 e. The smallest absolute Gasteiger partial charge is 0.119 e. The van der Waals surface area contributed by atoms with E-state index >= 15 is 0 Å². The minimum atomic E-state index is 0.575. The van der Waals surface area contributed by atoms with Crippen molar-refractivity contribution in [3.05, 3.63) is 71.3 Å². The number of methoxy groups -OCH3 is 1. The Kier molecular flexibility index (Phi) is 3.03. The summed E-state index contributed by atoms with van der Waals surface area (Å²) < 4.78 is 5.26. The number of ether oxygens (including phenoxy) is 1. The van der Waals surface area contributed by atoms with Crippen molar-refractivity contribution in [2.24, 2.45) is 5.16 Å². The van der Waals surface area contributed by atoms with Crippen LogP contribution in [0.5, 0.6) is 5.75 Å². The molecule has 0 saturated carbocycles. The van der Waals surface area contributed by atoms with E-state index < -0.39 is 0 Å². The number of hydrogen-bond donors (Lipinski definition) is 1. The van der Waals surface area contributed by atoms with Gasteiger partial charge in [-0.15, -0.1) is 0 Å². The third-order valence-corrected chi connectivity index (χ3v) is 3.68. The maximum atomic E-state index is 9.36. The van der Waals surface area contributed by atoms with E-state index in [0.717, 1.165) is 33.6 Å². The molecule has 0 fully saturated rings. The van der Waals surface area contributed by atoms with Crippen molar-refractivity contribution in [1.29, 1.82) is 0 Å². The monoisotopic (exact) mass is 265 g/mol. The molecule has 0 aromatic heterocycles. The molecule has 0 saturated heterocycles. The lowest BCUT2D eigenvalue weighted by Crippen LogP contribution is -2.06. The molecule has 2 aromatic rings. The molecule has 0 atom stereocenters. The summed E-state index contributed by atoms with van der Waals surface area (Å²) in [6.07, 6.45) is 0.575. The van der Waals surface area contributed by atoms with E-state index in [0.29, 0.717) is 12.1 Å². The highest BCUT2D eigenvalue weighted by Gasteiger charge is 2.21. The van der Waals surface area contributed by atoms with Gasteiger partial charge in [0.05, 0.1) is 12.8 Å². The van der Waals surface area contributed by atoms with Crippen LogP contribution in [0, 0.1) is 0 Å². The zero-order valence-electron chi connectivity index (χ0n) is 11.3. The Hall–Kier alpha value is -2.55. The van der Waals surface area contributed by atoms with Crippen molar-refractivity contribution in [2.75, 3.05) is 7.11 Å². The second kappa shape index (κ2) is 4.85. The van der Waals surface area contributed by atoms with Crippen molar-refractivity contribution < 1.29 is 9.94 Å². The molecule has 0 aliphatic heterocycles. The van der Waals surface area contributed by atoms with E-state index in [9.17, 15) is 5.21 Å². The van der Waals surface area contributed by atoms with Gasteiger partial charge < -0.3 is 9.94 Å². The summed E-state index contributed by atoms with van der Waals surface area (Å²) in [5, 5.41) is 12.8. The molecule has 1 aliphatic rings. The average molecular weight is 265 g/mol. The molecular weight excluding hydrogens is 250 g/mol. The zero-order chi connectivity index (χ0) is 14.1. The van der Waals surface area contributed by atoms with Crippen molar-refractivity contribution >= 4 is 11.3 Å². The fourth-order valence-corrected chi connectivity index (χ4v) is 2.63. The van der Waals surface area contributed by atoms with Crippen LogP contribution in [0.4, 0.5) is 0 Å². The summed E-state index contributed by atoms with van der Waals surface area (Å²) in [4.78, 5) is 0. The molecule has 3 nitrogen and oxygen atoms in total. The van der Waals surface area contributed by atoms with Gasteiger partial charge in [-0.3, -0.25) is 0 Å². The van der Waals surface area contributed by atoms with Gasteiger partial charge in [0.1, 0.15) is 5.75 Å². The fourth-order valence-electron chi connectivity index (χ4n) is 2.63. The molecule has 100 valence electrons. The highest BCUT2D eigenvalue weighted by Crippen LogP contribution is 2.34. The van der Waals surface area contributed by atoms with E-state index in [-0.39, 0.29) is 0 Å². The Morgan fingerprint density at radius 3 is 2.65 bits per heavy atom. The van der Waals surface area contributed by atoms with Crippen molar-refractivity contribution in [3.63, 3.8) is 0 Å². The lowest BCUT2D eigenvalue weighted by molar-refractivity contribution is 0.318. The molecule has 0 amide bonds. The summed E-state index contributed by atoms with van der Waals surface area (Å²) in [6.45, 7) is 4.20. The maximum absolute atomic E-state index is 9.36. The van der Waals surface area contributed by atoms with Gasteiger partial charge in [-0.2, -0.15) is 0 Å². The van der Waals surface area contributed by atoms with Crippen LogP contribution in [-0.2, 0) is 6.42 Å². The lowest BCUT2D eigenvalue weighted by atomic mass is 9.95. The topological polar surface area (TPSA) is 41.8 Å². The molecule has 0 unspecified atom stereocenters. The Bertz CT molecular complexity index is 717. The molecule has 2 aromatic carbocycles. The van der Waals surface area contributed by atoms with Crippen molar-refractivity contribution in [3.8, 4) is 5.75 Å². The van der Waals surface area contributed by atoms with E-state index in [1.807, 2.05) is 42.5 Å². The third kappa shape index (κ3) is 1.88. The van der Waals surface area contributed by atoms with Crippen LogP contribution in [0.3, 0.4) is 0 Å². The molecule has 0 radical (unpaired) electrons. The van der Waals surface area contributed by atoms with Gasteiger partial charge in [0.25, 0.3) is 0 Å². The van der Waals surface area contributed by atoms with E-state index in [4.69, 9.17) is 4.74 Å². The first-order chi connectivity index (χ1) is 9.74. The van der Waals surface area contributed by atoms with Gasteiger partial charge in [-0.1, -0.05) is 42.1 Å². The van der Waals surface area contributed by atoms with Crippen LogP contribution in [0.25, 0.3) is 5.57 Å². The van der Waals surface area contributed by atoms with Gasteiger partial charge in [0, 0.05) is 12.0 Å². The normalized spacial score (nSPS) is 15.4. The highest BCUT2D eigenvalue weighted by atomic mass is 16.5. The van der Waals surface area contributed by atoms with Crippen LogP contribution in [0.1, 0.15) is 22.3 Å². The summed E-state index contributed by atoms with van der Waals surface area (Å²) in [5.41, 5.74) is 5.62. The SMILES string of the molecule is C=C1c2ccccc2CC(=NO)c2cc(OC)ccc21. The minimum Gasteiger partial charge on any atom is -0.497 e. The summed E-state index contributed by atoms with van der Waals surface area (Å²) in [5.74, 6) is 0.739. The number of hydrogen-bond acceptors (Lipinski definition) is 3. The fraction of sp³-hybridized carbons (Fsp3) is 0.118. The van der Waals surface area contributed by atoms with E-state index in [1.54, 1.807) is 7.11 Å². The molecule has 3 rings (SSSR count). The van der Waals surface area contributed by atoms with E-state index in [2.05, 4.69) is 11.7 Å². The molecule has 1 aliphatic carbocycles. The Morgan fingerprint density at radius 1 is 1.10 bits per heavy atom. The Balaban J connectivity index is 2.27. The van der Waals surface area contributed by atoms with Gasteiger partial charge in [-0.25, -0.2) is 0 Å². The lowest BCUT2D eigenvalue weighted by Gasteiger charge is -2.11.